The van der Waals surface area contributed by atoms with Gasteiger partial charge in [-0.05, 0) is 25.1 Å². The van der Waals surface area contributed by atoms with Crippen LogP contribution in [0.3, 0.4) is 0 Å². The molecule has 1 rings (SSSR count). The number of nitrogen functional groups attached to an aromatic ring is 1. The van der Waals surface area contributed by atoms with Crippen molar-refractivity contribution in [2.24, 2.45) is 5.73 Å². The van der Waals surface area contributed by atoms with Crippen LogP contribution in [-0.4, -0.2) is 24.0 Å². The van der Waals surface area contributed by atoms with Gasteiger partial charge in [-0.3, -0.25) is 10.2 Å². The Balaban J connectivity index is 2.66. The molecule has 0 bridgehead atoms. The first-order valence-electron chi connectivity index (χ1n) is 5.08. The molecule has 4 nitrogen and oxygen atoms in total. The first-order valence-corrected chi connectivity index (χ1v) is 6.06. The van der Waals surface area contributed by atoms with E-state index in [9.17, 15) is 9.18 Å². The molecule has 0 aliphatic carbocycles. The van der Waals surface area contributed by atoms with Crippen molar-refractivity contribution in [1.29, 1.82) is 5.41 Å². The Bertz CT molecular complexity index is 437. The third-order valence-corrected chi connectivity index (χ3v) is 3.02. The number of halogens is 1. The van der Waals surface area contributed by atoms with Gasteiger partial charge in [-0.15, -0.1) is 11.8 Å². The zero-order valence-corrected chi connectivity index (χ0v) is 10.2. The predicted molar refractivity (Wildman–Crippen MR) is 66.8 cm³/mol. The summed E-state index contributed by atoms with van der Waals surface area (Å²) in [5.74, 6) is -0.604. The van der Waals surface area contributed by atoms with Crippen LogP contribution in [0.4, 0.5) is 4.39 Å². The maximum absolute atomic E-state index is 13.5. The number of benzene rings is 1. The highest BCUT2D eigenvalue weighted by atomic mass is 32.2. The lowest BCUT2D eigenvalue weighted by atomic mass is 10.2. The maximum atomic E-state index is 13.5. The van der Waals surface area contributed by atoms with Crippen LogP contribution in [0, 0.1) is 11.2 Å². The number of rotatable bonds is 5. The highest BCUT2D eigenvalue weighted by molar-refractivity contribution is 8.00. The maximum Gasteiger partial charge on any atom is 0.230 e. The SMILES string of the molecule is CCNC(=O)CSc1ccc(C(=N)N)cc1F. The average Bonchev–Trinajstić information content (AvgIpc) is 2.27. The summed E-state index contributed by atoms with van der Waals surface area (Å²) >= 11 is 1.12. The molecule has 0 radical (unpaired) electrons. The lowest BCUT2D eigenvalue weighted by Gasteiger charge is -2.05. The second-order valence-corrected chi connectivity index (χ2v) is 4.32. The Labute approximate surface area is 103 Å². The van der Waals surface area contributed by atoms with Gasteiger partial charge in [0.1, 0.15) is 11.7 Å². The molecule has 4 N–H and O–H groups in total. The summed E-state index contributed by atoms with van der Waals surface area (Å²) in [7, 11) is 0. The molecule has 0 unspecified atom stereocenters. The van der Waals surface area contributed by atoms with Crippen LogP contribution >= 0.6 is 11.8 Å². The quantitative estimate of drug-likeness (QED) is 0.422. The predicted octanol–water partition coefficient (Wildman–Crippen LogP) is 1.34. The van der Waals surface area contributed by atoms with Crippen molar-refractivity contribution in [2.75, 3.05) is 12.3 Å². The van der Waals surface area contributed by atoms with E-state index in [1.807, 2.05) is 6.92 Å². The molecule has 1 aromatic carbocycles. The number of hydrogen-bond acceptors (Lipinski definition) is 3. The fourth-order valence-corrected chi connectivity index (χ4v) is 1.93. The monoisotopic (exact) mass is 255 g/mol. The van der Waals surface area contributed by atoms with Gasteiger partial charge in [0, 0.05) is 17.0 Å². The minimum atomic E-state index is -0.466. The third-order valence-electron chi connectivity index (χ3n) is 1.98. The van der Waals surface area contributed by atoms with Crippen LogP contribution in [0.5, 0.6) is 0 Å². The molecular formula is C11H14FN3OS. The van der Waals surface area contributed by atoms with Gasteiger partial charge in [0.15, 0.2) is 0 Å². The summed E-state index contributed by atoms with van der Waals surface area (Å²) in [6.45, 7) is 2.38. The molecule has 1 aromatic rings. The van der Waals surface area contributed by atoms with E-state index >= 15 is 0 Å². The van der Waals surface area contributed by atoms with E-state index in [1.165, 1.54) is 12.1 Å². The summed E-state index contributed by atoms with van der Waals surface area (Å²) < 4.78 is 13.5. The summed E-state index contributed by atoms with van der Waals surface area (Å²) in [6, 6.07) is 4.28. The fourth-order valence-electron chi connectivity index (χ4n) is 1.18. The zero-order chi connectivity index (χ0) is 12.8. The van der Waals surface area contributed by atoms with Crippen LogP contribution < -0.4 is 11.1 Å². The first kappa shape index (κ1) is 13.5. The van der Waals surface area contributed by atoms with Crippen LogP contribution in [0.15, 0.2) is 23.1 Å². The molecule has 0 fully saturated rings. The Kier molecular flexibility index (Phi) is 4.96. The van der Waals surface area contributed by atoms with Gasteiger partial charge in [-0.1, -0.05) is 0 Å². The molecule has 0 aromatic heterocycles. The summed E-state index contributed by atoms with van der Waals surface area (Å²) in [5, 5.41) is 9.80. The van der Waals surface area contributed by atoms with Crippen molar-refractivity contribution in [2.45, 2.75) is 11.8 Å². The van der Waals surface area contributed by atoms with E-state index < -0.39 is 5.82 Å². The van der Waals surface area contributed by atoms with E-state index in [1.54, 1.807) is 6.07 Å². The normalized spacial score (nSPS) is 10.0. The van der Waals surface area contributed by atoms with Gasteiger partial charge in [0.05, 0.1) is 5.75 Å². The minimum absolute atomic E-state index is 0.132. The number of amidine groups is 1. The standard InChI is InChI=1S/C11H14FN3OS/c1-2-15-10(16)6-17-9-4-3-7(11(13)14)5-8(9)12/h3-5H,2,6H2,1H3,(H3,13,14)(H,15,16). The molecular weight excluding hydrogens is 241 g/mol. The summed E-state index contributed by atoms with van der Waals surface area (Å²) in [4.78, 5) is 11.6. The molecule has 17 heavy (non-hydrogen) atoms. The van der Waals surface area contributed by atoms with E-state index in [-0.39, 0.29) is 17.5 Å². The van der Waals surface area contributed by atoms with Crippen molar-refractivity contribution < 1.29 is 9.18 Å². The van der Waals surface area contributed by atoms with Gasteiger partial charge in [0.25, 0.3) is 0 Å². The van der Waals surface area contributed by atoms with Gasteiger partial charge in [0.2, 0.25) is 5.91 Å². The molecule has 0 saturated carbocycles. The van der Waals surface area contributed by atoms with Crippen molar-refractivity contribution >= 4 is 23.5 Å². The van der Waals surface area contributed by atoms with Crippen molar-refractivity contribution in [3.05, 3.63) is 29.6 Å². The van der Waals surface area contributed by atoms with E-state index in [2.05, 4.69) is 5.32 Å². The molecule has 0 heterocycles. The number of hydrogen-bond donors (Lipinski definition) is 3. The lowest BCUT2D eigenvalue weighted by Crippen LogP contribution is -2.24. The van der Waals surface area contributed by atoms with Crippen LogP contribution in [0.2, 0.25) is 0 Å². The number of carbonyl (C=O) groups excluding carboxylic acids is 1. The molecule has 92 valence electrons. The van der Waals surface area contributed by atoms with E-state index in [0.717, 1.165) is 11.8 Å². The number of carbonyl (C=O) groups is 1. The second kappa shape index (κ2) is 6.24. The van der Waals surface area contributed by atoms with Gasteiger partial charge in [-0.25, -0.2) is 4.39 Å². The first-order chi connectivity index (χ1) is 8.04. The largest absolute Gasteiger partial charge is 0.384 e. The molecule has 0 aliphatic heterocycles. The second-order valence-electron chi connectivity index (χ2n) is 3.30. The Morgan fingerprint density at radius 3 is 2.82 bits per heavy atom. The third kappa shape index (κ3) is 4.07. The Morgan fingerprint density at radius 1 is 1.59 bits per heavy atom. The summed E-state index contributed by atoms with van der Waals surface area (Å²) in [6.07, 6.45) is 0. The van der Waals surface area contributed by atoms with E-state index in [4.69, 9.17) is 11.1 Å². The fraction of sp³-hybridized carbons (Fsp3) is 0.273. The number of amides is 1. The van der Waals surface area contributed by atoms with Crippen molar-refractivity contribution in [3.8, 4) is 0 Å². The van der Waals surface area contributed by atoms with Crippen LogP contribution in [0.1, 0.15) is 12.5 Å². The highest BCUT2D eigenvalue weighted by Crippen LogP contribution is 2.22. The molecule has 1 amide bonds. The molecule has 6 heteroatoms. The number of nitrogens with one attached hydrogen (secondary N) is 2. The minimum Gasteiger partial charge on any atom is -0.384 e. The summed E-state index contributed by atoms with van der Waals surface area (Å²) in [5.41, 5.74) is 5.58. The lowest BCUT2D eigenvalue weighted by molar-refractivity contribution is -0.118. The highest BCUT2D eigenvalue weighted by Gasteiger charge is 2.08. The zero-order valence-electron chi connectivity index (χ0n) is 9.42. The molecule has 0 saturated heterocycles. The van der Waals surface area contributed by atoms with Gasteiger partial charge >= 0.3 is 0 Å². The Hall–Kier alpha value is -1.56. The number of thioether (sulfide) groups is 1. The van der Waals surface area contributed by atoms with Crippen molar-refractivity contribution in [1.82, 2.24) is 5.32 Å². The van der Waals surface area contributed by atoms with Crippen LogP contribution in [-0.2, 0) is 4.79 Å². The van der Waals surface area contributed by atoms with Crippen LogP contribution in [0.25, 0.3) is 0 Å². The molecule has 0 atom stereocenters. The number of nitrogens with two attached hydrogens (primary N) is 1. The smallest absolute Gasteiger partial charge is 0.230 e. The topological polar surface area (TPSA) is 79.0 Å². The van der Waals surface area contributed by atoms with E-state index in [0.29, 0.717) is 17.0 Å². The average molecular weight is 255 g/mol. The molecule has 0 spiro atoms. The van der Waals surface area contributed by atoms with Gasteiger partial charge in [-0.2, -0.15) is 0 Å². The molecule has 0 aliphatic rings. The Morgan fingerprint density at radius 2 is 2.29 bits per heavy atom. The van der Waals surface area contributed by atoms with Gasteiger partial charge < -0.3 is 11.1 Å². The van der Waals surface area contributed by atoms with Crippen molar-refractivity contribution in [3.63, 3.8) is 0 Å².